The number of halogens is 3. The minimum Gasteiger partial charge on any atom is -0.354 e. The lowest BCUT2D eigenvalue weighted by molar-refractivity contribution is -0.388. The lowest BCUT2D eigenvalue weighted by Gasteiger charge is -2.22. The molecule has 0 radical (unpaired) electrons. The summed E-state index contributed by atoms with van der Waals surface area (Å²) in [6.07, 6.45) is -4.44. The van der Waals surface area contributed by atoms with E-state index in [0.29, 0.717) is 6.54 Å². The smallest absolute Gasteiger partial charge is 0.354 e. The average molecular weight is 304 g/mol. The molecule has 1 aromatic rings. The first-order valence-corrected chi connectivity index (χ1v) is 6.51. The molecule has 0 unspecified atom stereocenters. The topological polar surface area (TPSA) is 55.6 Å². The van der Waals surface area contributed by atoms with Crippen LogP contribution in [0.15, 0.2) is 18.2 Å². The molecule has 1 fully saturated rings. The van der Waals surface area contributed by atoms with Crippen molar-refractivity contribution in [1.29, 1.82) is 0 Å². The van der Waals surface area contributed by atoms with Crippen LogP contribution in [0.3, 0.4) is 0 Å². The van der Waals surface area contributed by atoms with Gasteiger partial charge >= 0.3 is 6.18 Å². The predicted octanol–water partition coefficient (Wildman–Crippen LogP) is 3.57. The Hall–Kier alpha value is -1.83. The molecule has 0 spiro atoms. The molecule has 0 N–H and O–H groups in total. The van der Waals surface area contributed by atoms with Gasteiger partial charge in [-0.25, -0.2) is 0 Å². The summed E-state index contributed by atoms with van der Waals surface area (Å²) < 4.78 is 44.5. The Morgan fingerprint density at radius 2 is 2.14 bits per heavy atom. The van der Waals surface area contributed by atoms with E-state index >= 15 is 0 Å². The third-order valence-electron chi connectivity index (χ3n) is 3.50. The molecule has 116 valence electrons. The molecule has 0 bridgehead atoms. The van der Waals surface area contributed by atoms with E-state index in [0.717, 1.165) is 18.6 Å². The van der Waals surface area contributed by atoms with Crippen molar-refractivity contribution >= 4 is 11.4 Å². The molecule has 2 rings (SSSR count). The Labute approximate surface area is 119 Å². The summed E-state index contributed by atoms with van der Waals surface area (Å²) in [6, 6.07) is 3.03. The Bertz CT molecular complexity index is 548. The second kappa shape index (κ2) is 5.51. The highest BCUT2D eigenvalue weighted by Gasteiger charge is 2.39. The fourth-order valence-corrected chi connectivity index (χ4v) is 2.39. The van der Waals surface area contributed by atoms with E-state index in [9.17, 15) is 23.3 Å². The van der Waals surface area contributed by atoms with Crippen LogP contribution in [-0.2, 0) is 10.9 Å². The van der Waals surface area contributed by atoms with Crippen molar-refractivity contribution in [2.75, 3.05) is 11.4 Å². The first-order chi connectivity index (χ1) is 9.74. The van der Waals surface area contributed by atoms with Gasteiger partial charge in [-0.05, 0) is 25.5 Å². The standard InChI is InChI=1S/C13H15F3N2O3/c1-3-10-7-17(8(2)21-10)9-4-5-12(18(19)20)11(6-9)13(14,15)16/h4-6,8,10H,3,7H2,1-2H3/t8-,10+/m0/s1. The fraction of sp³-hybridized carbons (Fsp3) is 0.538. The van der Waals surface area contributed by atoms with Gasteiger partial charge in [0.2, 0.25) is 0 Å². The second-order valence-corrected chi connectivity index (χ2v) is 4.87. The van der Waals surface area contributed by atoms with Gasteiger partial charge in [0.05, 0.1) is 11.0 Å². The first-order valence-electron chi connectivity index (χ1n) is 6.51. The number of alkyl halides is 3. The zero-order valence-electron chi connectivity index (χ0n) is 11.6. The highest BCUT2D eigenvalue weighted by Crippen LogP contribution is 2.39. The third-order valence-corrected chi connectivity index (χ3v) is 3.50. The van der Waals surface area contributed by atoms with Crippen molar-refractivity contribution in [2.45, 2.75) is 38.8 Å². The van der Waals surface area contributed by atoms with E-state index in [4.69, 9.17) is 4.74 Å². The number of nitro benzene ring substituents is 1. The highest BCUT2D eigenvalue weighted by atomic mass is 19.4. The maximum Gasteiger partial charge on any atom is 0.423 e. The van der Waals surface area contributed by atoms with Gasteiger partial charge in [-0.2, -0.15) is 13.2 Å². The zero-order chi connectivity index (χ0) is 15.8. The largest absolute Gasteiger partial charge is 0.423 e. The highest BCUT2D eigenvalue weighted by molar-refractivity contribution is 5.57. The van der Waals surface area contributed by atoms with E-state index in [1.807, 2.05) is 6.92 Å². The van der Waals surface area contributed by atoms with Gasteiger partial charge in [-0.3, -0.25) is 10.1 Å². The van der Waals surface area contributed by atoms with Crippen LogP contribution >= 0.6 is 0 Å². The van der Waals surface area contributed by atoms with Gasteiger partial charge in [-0.1, -0.05) is 6.92 Å². The molecule has 0 saturated carbocycles. The molecule has 0 amide bonds. The van der Waals surface area contributed by atoms with E-state index < -0.39 is 22.4 Å². The van der Waals surface area contributed by atoms with Crippen molar-refractivity contribution in [1.82, 2.24) is 0 Å². The zero-order valence-corrected chi connectivity index (χ0v) is 11.6. The monoisotopic (exact) mass is 304 g/mol. The molecular formula is C13H15F3N2O3. The van der Waals surface area contributed by atoms with Crippen LogP contribution in [0.1, 0.15) is 25.8 Å². The molecule has 1 saturated heterocycles. The molecule has 0 aliphatic carbocycles. The van der Waals surface area contributed by atoms with Gasteiger partial charge < -0.3 is 9.64 Å². The maximum absolute atomic E-state index is 13.0. The molecule has 0 aromatic heterocycles. The fourth-order valence-electron chi connectivity index (χ4n) is 2.39. The minimum atomic E-state index is -4.77. The number of benzene rings is 1. The van der Waals surface area contributed by atoms with Crippen molar-refractivity contribution in [2.24, 2.45) is 0 Å². The molecule has 8 heteroatoms. The van der Waals surface area contributed by atoms with Crippen molar-refractivity contribution in [3.63, 3.8) is 0 Å². The van der Waals surface area contributed by atoms with Gasteiger partial charge in [0.1, 0.15) is 11.8 Å². The lowest BCUT2D eigenvalue weighted by atomic mass is 10.1. The number of rotatable bonds is 3. The summed E-state index contributed by atoms with van der Waals surface area (Å²) in [5.41, 5.74) is -1.90. The molecule has 1 heterocycles. The lowest BCUT2D eigenvalue weighted by Crippen LogP contribution is -2.28. The maximum atomic E-state index is 13.0. The van der Waals surface area contributed by atoms with E-state index in [2.05, 4.69) is 0 Å². The third kappa shape index (κ3) is 3.10. The summed E-state index contributed by atoms with van der Waals surface area (Å²) in [6.45, 7) is 4.13. The Balaban J connectivity index is 2.41. The number of nitrogens with zero attached hydrogens (tertiary/aromatic N) is 2. The Morgan fingerprint density at radius 1 is 1.48 bits per heavy atom. The van der Waals surface area contributed by atoms with Crippen LogP contribution in [0.25, 0.3) is 0 Å². The normalized spacial score (nSPS) is 22.6. The summed E-state index contributed by atoms with van der Waals surface area (Å²) in [7, 11) is 0. The molecule has 1 aliphatic heterocycles. The van der Waals surface area contributed by atoms with Crippen LogP contribution < -0.4 is 4.90 Å². The van der Waals surface area contributed by atoms with Gasteiger partial charge in [0.15, 0.2) is 0 Å². The first kappa shape index (κ1) is 15.6. The molecule has 21 heavy (non-hydrogen) atoms. The number of hydrogen-bond acceptors (Lipinski definition) is 4. The number of ether oxygens (including phenoxy) is 1. The van der Waals surface area contributed by atoms with Crippen molar-refractivity contribution < 1.29 is 22.8 Å². The van der Waals surface area contributed by atoms with Gasteiger partial charge in [0, 0.05) is 18.3 Å². The van der Waals surface area contributed by atoms with Crippen LogP contribution in [0.4, 0.5) is 24.5 Å². The van der Waals surface area contributed by atoms with Crippen LogP contribution in [-0.4, -0.2) is 23.8 Å². The van der Waals surface area contributed by atoms with Crippen LogP contribution in [0.5, 0.6) is 0 Å². The van der Waals surface area contributed by atoms with E-state index in [1.165, 1.54) is 6.07 Å². The van der Waals surface area contributed by atoms with Gasteiger partial charge in [-0.15, -0.1) is 0 Å². The van der Waals surface area contributed by atoms with Crippen LogP contribution in [0.2, 0.25) is 0 Å². The Kier molecular flexibility index (Phi) is 4.08. The minimum absolute atomic E-state index is 0.0514. The summed E-state index contributed by atoms with van der Waals surface area (Å²) in [4.78, 5) is 11.4. The number of hydrogen-bond donors (Lipinski definition) is 0. The van der Waals surface area contributed by atoms with Crippen molar-refractivity contribution in [3.8, 4) is 0 Å². The SMILES string of the molecule is CC[C@@H]1CN(c2ccc([N+](=O)[O-])c(C(F)(F)F)c2)[C@H](C)O1. The predicted molar refractivity (Wildman–Crippen MR) is 70.1 cm³/mol. The van der Waals surface area contributed by atoms with Crippen LogP contribution in [0, 0.1) is 10.1 Å². The number of anilines is 1. The molecule has 5 nitrogen and oxygen atoms in total. The van der Waals surface area contributed by atoms with E-state index in [1.54, 1.807) is 11.8 Å². The summed E-state index contributed by atoms with van der Waals surface area (Å²) >= 11 is 0. The van der Waals surface area contributed by atoms with E-state index in [-0.39, 0.29) is 18.0 Å². The summed E-state index contributed by atoms with van der Waals surface area (Å²) in [5.74, 6) is 0. The van der Waals surface area contributed by atoms with Crippen molar-refractivity contribution in [3.05, 3.63) is 33.9 Å². The number of nitro groups is 1. The second-order valence-electron chi connectivity index (χ2n) is 4.87. The molecule has 1 aliphatic rings. The van der Waals surface area contributed by atoms with Gasteiger partial charge in [0.25, 0.3) is 5.69 Å². The summed E-state index contributed by atoms with van der Waals surface area (Å²) in [5, 5.41) is 10.7. The average Bonchev–Trinajstić information content (AvgIpc) is 2.78. The molecule has 1 aromatic carbocycles. The molecule has 2 atom stereocenters. The molecular weight excluding hydrogens is 289 g/mol. The quantitative estimate of drug-likeness (QED) is 0.632. The Morgan fingerprint density at radius 3 is 2.62 bits per heavy atom.